The predicted octanol–water partition coefficient (Wildman–Crippen LogP) is 3.42. The van der Waals surface area contributed by atoms with Crippen molar-refractivity contribution in [2.24, 2.45) is 0 Å². The first-order valence-corrected chi connectivity index (χ1v) is 5.36. The van der Waals surface area contributed by atoms with Gasteiger partial charge in [0.1, 0.15) is 6.04 Å². The van der Waals surface area contributed by atoms with Gasteiger partial charge in [-0.2, -0.15) is 13.2 Å². The van der Waals surface area contributed by atoms with E-state index in [9.17, 15) is 13.2 Å². The van der Waals surface area contributed by atoms with Gasteiger partial charge in [-0.05, 0) is 24.6 Å². The summed E-state index contributed by atoms with van der Waals surface area (Å²) in [7, 11) is 0. The number of alkyl halides is 3. The van der Waals surface area contributed by atoms with Crippen molar-refractivity contribution in [2.75, 3.05) is 6.54 Å². The second-order valence-electron chi connectivity index (χ2n) is 3.45. The van der Waals surface area contributed by atoms with Gasteiger partial charge in [0.25, 0.3) is 0 Å². The van der Waals surface area contributed by atoms with Crippen molar-refractivity contribution in [2.45, 2.75) is 25.6 Å². The minimum absolute atomic E-state index is 0.142. The van der Waals surface area contributed by atoms with Crippen LogP contribution >= 0.6 is 11.6 Å². The Morgan fingerprint density at radius 2 is 1.94 bits per heavy atom. The van der Waals surface area contributed by atoms with Gasteiger partial charge >= 0.3 is 6.18 Å². The molecule has 1 aromatic carbocycles. The molecule has 0 saturated carbocycles. The van der Waals surface area contributed by atoms with E-state index in [2.05, 4.69) is 5.32 Å². The molecule has 0 aliphatic carbocycles. The second-order valence-corrected chi connectivity index (χ2v) is 3.85. The van der Waals surface area contributed by atoms with E-state index in [4.69, 9.17) is 11.6 Å². The number of benzene rings is 1. The fourth-order valence-electron chi connectivity index (χ4n) is 1.43. The summed E-state index contributed by atoms with van der Waals surface area (Å²) >= 11 is 5.82. The molecular weight excluding hydrogens is 239 g/mol. The SMILES string of the molecule is CCNC(Cc1ccccc1Cl)C(F)(F)F. The standard InChI is InChI=1S/C11H13ClF3N/c1-2-16-10(11(13,14)15)7-8-5-3-4-6-9(8)12/h3-6,10,16H,2,7H2,1H3. The second kappa shape index (κ2) is 5.55. The molecule has 0 bridgehead atoms. The summed E-state index contributed by atoms with van der Waals surface area (Å²) in [5.41, 5.74) is 0.507. The molecule has 0 radical (unpaired) electrons. The fraction of sp³-hybridized carbons (Fsp3) is 0.455. The zero-order valence-electron chi connectivity index (χ0n) is 8.81. The number of hydrogen-bond donors (Lipinski definition) is 1. The lowest BCUT2D eigenvalue weighted by atomic mass is 10.1. The van der Waals surface area contributed by atoms with Gasteiger partial charge in [0.05, 0.1) is 0 Å². The molecule has 0 heterocycles. The first-order chi connectivity index (χ1) is 7.45. The number of rotatable bonds is 4. The lowest BCUT2D eigenvalue weighted by Crippen LogP contribution is -2.43. The Kier molecular flexibility index (Phi) is 4.62. The van der Waals surface area contributed by atoms with Crippen molar-refractivity contribution in [1.82, 2.24) is 5.32 Å². The molecule has 5 heteroatoms. The van der Waals surface area contributed by atoms with E-state index >= 15 is 0 Å². The van der Waals surface area contributed by atoms with Crippen molar-refractivity contribution in [3.63, 3.8) is 0 Å². The van der Waals surface area contributed by atoms with Gasteiger partial charge in [-0.3, -0.25) is 0 Å². The first kappa shape index (κ1) is 13.3. The molecule has 1 atom stereocenters. The van der Waals surface area contributed by atoms with E-state index < -0.39 is 12.2 Å². The van der Waals surface area contributed by atoms with Crippen molar-refractivity contribution in [3.05, 3.63) is 34.9 Å². The van der Waals surface area contributed by atoms with Gasteiger partial charge in [-0.1, -0.05) is 36.7 Å². The summed E-state index contributed by atoms with van der Waals surface area (Å²) in [5, 5.41) is 2.78. The lowest BCUT2D eigenvalue weighted by Gasteiger charge is -2.21. The van der Waals surface area contributed by atoms with Crippen LogP contribution in [-0.2, 0) is 6.42 Å². The van der Waals surface area contributed by atoms with Gasteiger partial charge in [0.2, 0.25) is 0 Å². The van der Waals surface area contributed by atoms with Crippen molar-refractivity contribution in [3.8, 4) is 0 Å². The van der Waals surface area contributed by atoms with Crippen LogP contribution in [-0.4, -0.2) is 18.8 Å². The van der Waals surface area contributed by atoms with Crippen LogP contribution in [0.25, 0.3) is 0 Å². The number of hydrogen-bond acceptors (Lipinski definition) is 1. The van der Waals surface area contributed by atoms with Crippen LogP contribution in [0.15, 0.2) is 24.3 Å². The van der Waals surface area contributed by atoms with E-state index in [0.29, 0.717) is 10.6 Å². The maximum atomic E-state index is 12.6. The summed E-state index contributed by atoms with van der Waals surface area (Å²) in [6, 6.07) is 5.04. The summed E-state index contributed by atoms with van der Waals surface area (Å²) in [5.74, 6) is 0. The fourth-order valence-corrected chi connectivity index (χ4v) is 1.65. The first-order valence-electron chi connectivity index (χ1n) is 4.98. The van der Waals surface area contributed by atoms with Crippen LogP contribution in [0.5, 0.6) is 0 Å². The van der Waals surface area contributed by atoms with Gasteiger partial charge < -0.3 is 5.32 Å². The van der Waals surface area contributed by atoms with E-state index in [-0.39, 0.29) is 13.0 Å². The van der Waals surface area contributed by atoms with Crippen LogP contribution in [0, 0.1) is 0 Å². The zero-order chi connectivity index (χ0) is 12.2. The highest BCUT2D eigenvalue weighted by Gasteiger charge is 2.39. The summed E-state index contributed by atoms with van der Waals surface area (Å²) < 4.78 is 37.9. The lowest BCUT2D eigenvalue weighted by molar-refractivity contribution is -0.155. The minimum atomic E-state index is -4.25. The summed E-state index contributed by atoms with van der Waals surface area (Å²) in [6.07, 6.45) is -4.40. The minimum Gasteiger partial charge on any atom is -0.306 e. The third-order valence-electron chi connectivity index (χ3n) is 2.23. The molecule has 0 aliphatic rings. The number of likely N-dealkylation sites (N-methyl/N-ethyl adjacent to an activating group) is 1. The topological polar surface area (TPSA) is 12.0 Å². The molecule has 0 aromatic heterocycles. The Morgan fingerprint density at radius 3 is 2.44 bits per heavy atom. The highest BCUT2D eigenvalue weighted by Crippen LogP contribution is 2.25. The largest absolute Gasteiger partial charge is 0.404 e. The quantitative estimate of drug-likeness (QED) is 0.865. The monoisotopic (exact) mass is 251 g/mol. The van der Waals surface area contributed by atoms with E-state index in [1.165, 1.54) is 0 Å². The van der Waals surface area contributed by atoms with Crippen molar-refractivity contribution in [1.29, 1.82) is 0 Å². The molecule has 1 N–H and O–H groups in total. The highest BCUT2D eigenvalue weighted by molar-refractivity contribution is 6.31. The van der Waals surface area contributed by atoms with Gasteiger partial charge in [-0.15, -0.1) is 0 Å². The zero-order valence-corrected chi connectivity index (χ0v) is 9.57. The van der Waals surface area contributed by atoms with E-state index in [1.807, 2.05) is 0 Å². The Morgan fingerprint density at radius 1 is 1.31 bits per heavy atom. The average molecular weight is 252 g/mol. The molecule has 0 fully saturated rings. The van der Waals surface area contributed by atoms with Gasteiger partial charge in [0.15, 0.2) is 0 Å². The molecule has 0 aliphatic heterocycles. The van der Waals surface area contributed by atoms with E-state index in [1.54, 1.807) is 31.2 Å². The smallest absolute Gasteiger partial charge is 0.306 e. The molecule has 16 heavy (non-hydrogen) atoms. The Labute approximate surface area is 97.6 Å². The molecule has 1 nitrogen and oxygen atoms in total. The summed E-state index contributed by atoms with van der Waals surface area (Å²) in [4.78, 5) is 0. The van der Waals surface area contributed by atoms with Crippen LogP contribution in [0.3, 0.4) is 0 Å². The number of halogens is 4. The molecule has 0 saturated heterocycles. The molecule has 1 unspecified atom stereocenters. The Balaban J connectivity index is 2.80. The molecule has 0 amide bonds. The normalized spacial score (nSPS) is 13.8. The van der Waals surface area contributed by atoms with Crippen LogP contribution in [0.2, 0.25) is 5.02 Å². The maximum Gasteiger partial charge on any atom is 0.404 e. The summed E-state index contributed by atoms with van der Waals surface area (Å²) in [6.45, 7) is 1.92. The third kappa shape index (κ3) is 3.68. The Hall–Kier alpha value is -0.740. The van der Waals surface area contributed by atoms with E-state index in [0.717, 1.165) is 0 Å². The third-order valence-corrected chi connectivity index (χ3v) is 2.60. The van der Waals surface area contributed by atoms with Crippen molar-refractivity contribution >= 4 is 11.6 Å². The predicted molar refractivity (Wildman–Crippen MR) is 58.7 cm³/mol. The molecule has 1 aromatic rings. The van der Waals surface area contributed by atoms with Gasteiger partial charge in [0, 0.05) is 5.02 Å². The highest BCUT2D eigenvalue weighted by atomic mass is 35.5. The molecule has 1 rings (SSSR count). The molecule has 0 spiro atoms. The van der Waals surface area contributed by atoms with Gasteiger partial charge in [-0.25, -0.2) is 0 Å². The average Bonchev–Trinajstić information content (AvgIpc) is 2.19. The molecular formula is C11H13ClF3N. The maximum absolute atomic E-state index is 12.6. The van der Waals surface area contributed by atoms with Crippen LogP contribution < -0.4 is 5.32 Å². The molecule has 90 valence electrons. The Bertz CT molecular complexity index is 338. The van der Waals surface area contributed by atoms with Crippen LogP contribution in [0.1, 0.15) is 12.5 Å². The van der Waals surface area contributed by atoms with Crippen LogP contribution in [0.4, 0.5) is 13.2 Å². The van der Waals surface area contributed by atoms with Crippen molar-refractivity contribution < 1.29 is 13.2 Å². The number of nitrogens with one attached hydrogen (secondary N) is 1.